The van der Waals surface area contributed by atoms with Crippen LogP contribution in [0.5, 0.6) is 0 Å². The van der Waals surface area contributed by atoms with E-state index < -0.39 is 10.0 Å². The van der Waals surface area contributed by atoms with Crippen LogP contribution >= 0.6 is 0 Å². The molecule has 9 nitrogen and oxygen atoms in total. The highest BCUT2D eigenvalue weighted by Crippen LogP contribution is 2.22. The number of aryl methyl sites for hydroxylation is 2. The Morgan fingerprint density at radius 2 is 1.88 bits per heavy atom. The maximum absolute atomic E-state index is 12.7. The van der Waals surface area contributed by atoms with E-state index in [4.69, 9.17) is 4.52 Å². The summed E-state index contributed by atoms with van der Waals surface area (Å²) < 4.78 is 31.7. The van der Waals surface area contributed by atoms with Gasteiger partial charge < -0.3 is 14.7 Å². The van der Waals surface area contributed by atoms with E-state index in [9.17, 15) is 13.2 Å². The molecule has 0 atom stereocenters. The highest BCUT2D eigenvalue weighted by atomic mass is 32.2. The molecular weight excluding hydrogens is 430 g/mol. The summed E-state index contributed by atoms with van der Waals surface area (Å²) in [7, 11) is -0.410. The fourth-order valence-electron chi connectivity index (χ4n) is 3.60. The van der Waals surface area contributed by atoms with Gasteiger partial charge in [0.15, 0.2) is 5.76 Å². The summed E-state index contributed by atoms with van der Waals surface area (Å²) in [5.41, 5.74) is 2.56. The van der Waals surface area contributed by atoms with Crippen LogP contribution in [0.2, 0.25) is 0 Å². The van der Waals surface area contributed by atoms with E-state index in [-0.39, 0.29) is 29.5 Å². The molecule has 0 fully saturated rings. The number of carbonyl (C=O) groups is 1. The Hall–Kier alpha value is -2.72. The van der Waals surface area contributed by atoms with Crippen molar-refractivity contribution in [2.24, 2.45) is 4.99 Å². The molecule has 1 aromatic heterocycles. The van der Waals surface area contributed by atoms with Gasteiger partial charge in [-0.15, -0.1) is 0 Å². The van der Waals surface area contributed by atoms with Crippen LogP contribution in [0, 0.1) is 13.8 Å². The average molecular weight is 462 g/mol. The second-order valence-electron chi connectivity index (χ2n) is 8.00. The number of nitrogens with zero attached hydrogens (tertiary/aromatic N) is 4. The summed E-state index contributed by atoms with van der Waals surface area (Å²) in [6.45, 7) is 5.71. The molecular formula is C22H31N5O4S. The number of amidine groups is 1. The fourth-order valence-corrected chi connectivity index (χ4v) is 5.10. The molecule has 174 valence electrons. The number of sulfonamides is 1. The first-order valence-corrected chi connectivity index (χ1v) is 12.1. The standard InChI is InChI=1S/C22H31N5O4S/c1-16-21(17(2)31-25-16)32(29,30)27(4)14-5-6-20(28)26(3)15-11-18-7-9-19(10-8-18)22-23-12-13-24-22/h7-10H,5-6,11-15H2,1-4H3,(H,23,24). The Morgan fingerprint density at radius 3 is 2.47 bits per heavy atom. The van der Waals surface area contributed by atoms with Gasteiger partial charge in [-0.2, -0.15) is 0 Å². The van der Waals surface area contributed by atoms with Crippen LogP contribution in [0.4, 0.5) is 0 Å². The molecule has 2 heterocycles. The molecule has 0 spiro atoms. The minimum atomic E-state index is -3.69. The molecule has 1 N–H and O–H groups in total. The van der Waals surface area contributed by atoms with Gasteiger partial charge in [0.1, 0.15) is 16.4 Å². The predicted octanol–water partition coefficient (Wildman–Crippen LogP) is 1.74. The largest absolute Gasteiger partial charge is 0.368 e. The number of likely N-dealkylation sites (N-methyl/N-ethyl adjacent to an activating group) is 1. The molecule has 32 heavy (non-hydrogen) atoms. The van der Waals surface area contributed by atoms with Crippen LogP contribution in [-0.2, 0) is 21.2 Å². The van der Waals surface area contributed by atoms with Crippen LogP contribution in [0.25, 0.3) is 0 Å². The summed E-state index contributed by atoms with van der Waals surface area (Å²) in [6.07, 6.45) is 1.47. The Balaban J connectivity index is 1.43. The van der Waals surface area contributed by atoms with Crippen molar-refractivity contribution in [3.05, 3.63) is 46.8 Å². The lowest BCUT2D eigenvalue weighted by molar-refractivity contribution is -0.130. The van der Waals surface area contributed by atoms with Crippen LogP contribution in [0.15, 0.2) is 38.7 Å². The highest BCUT2D eigenvalue weighted by molar-refractivity contribution is 7.89. The molecule has 2 aromatic rings. The van der Waals surface area contributed by atoms with Crippen molar-refractivity contribution in [2.45, 2.75) is 38.0 Å². The zero-order valence-electron chi connectivity index (χ0n) is 19.1. The van der Waals surface area contributed by atoms with E-state index in [1.807, 2.05) is 12.1 Å². The molecule has 10 heteroatoms. The van der Waals surface area contributed by atoms with Gasteiger partial charge in [-0.3, -0.25) is 9.79 Å². The Kier molecular flexibility index (Phi) is 7.68. The quantitative estimate of drug-likeness (QED) is 0.577. The summed E-state index contributed by atoms with van der Waals surface area (Å²) in [6, 6.07) is 8.21. The topological polar surface area (TPSA) is 108 Å². The summed E-state index contributed by atoms with van der Waals surface area (Å²) in [4.78, 5) is 18.7. The summed E-state index contributed by atoms with van der Waals surface area (Å²) >= 11 is 0. The van der Waals surface area contributed by atoms with Crippen molar-refractivity contribution in [3.63, 3.8) is 0 Å². The number of rotatable bonds is 10. The van der Waals surface area contributed by atoms with E-state index in [2.05, 4.69) is 27.6 Å². The lowest BCUT2D eigenvalue weighted by atomic mass is 10.1. The first-order valence-electron chi connectivity index (χ1n) is 10.7. The number of hydrogen-bond donors (Lipinski definition) is 1. The normalized spacial score (nSPS) is 13.8. The van der Waals surface area contributed by atoms with Crippen molar-refractivity contribution < 1.29 is 17.7 Å². The Morgan fingerprint density at radius 1 is 1.16 bits per heavy atom. The molecule has 0 unspecified atom stereocenters. The molecule has 0 saturated heterocycles. The molecule has 1 aliphatic heterocycles. The molecule has 1 aromatic carbocycles. The van der Waals surface area contributed by atoms with E-state index in [1.54, 1.807) is 25.8 Å². The minimum absolute atomic E-state index is 0.00531. The van der Waals surface area contributed by atoms with Gasteiger partial charge in [0.25, 0.3) is 0 Å². The average Bonchev–Trinajstić information content (AvgIpc) is 3.42. The first-order chi connectivity index (χ1) is 15.2. The lowest BCUT2D eigenvalue weighted by Crippen LogP contribution is -2.31. The van der Waals surface area contributed by atoms with E-state index in [1.165, 1.54) is 11.4 Å². The number of aromatic nitrogens is 1. The van der Waals surface area contributed by atoms with Gasteiger partial charge in [0.05, 0.1) is 6.54 Å². The smallest absolute Gasteiger partial charge is 0.248 e. The summed E-state index contributed by atoms with van der Waals surface area (Å²) in [5.74, 6) is 1.20. The van der Waals surface area contributed by atoms with Crippen LogP contribution in [0.1, 0.15) is 35.4 Å². The molecule has 3 rings (SSSR count). The van der Waals surface area contributed by atoms with Gasteiger partial charge in [-0.25, -0.2) is 12.7 Å². The highest BCUT2D eigenvalue weighted by Gasteiger charge is 2.28. The third kappa shape index (κ3) is 5.55. The fraction of sp³-hybridized carbons (Fsp3) is 0.500. The lowest BCUT2D eigenvalue weighted by Gasteiger charge is -2.19. The van der Waals surface area contributed by atoms with Gasteiger partial charge in [-0.1, -0.05) is 29.4 Å². The number of benzene rings is 1. The second kappa shape index (κ2) is 10.3. The molecule has 0 saturated carbocycles. The molecule has 0 radical (unpaired) electrons. The third-order valence-electron chi connectivity index (χ3n) is 5.56. The maximum Gasteiger partial charge on any atom is 0.248 e. The maximum atomic E-state index is 12.7. The molecule has 0 bridgehead atoms. The van der Waals surface area contributed by atoms with Crippen LogP contribution in [0.3, 0.4) is 0 Å². The number of aliphatic imine (C=N–C) groups is 1. The van der Waals surface area contributed by atoms with Gasteiger partial charge in [-0.05, 0) is 32.3 Å². The molecule has 1 aliphatic rings. The van der Waals surface area contributed by atoms with Crippen molar-refractivity contribution in [3.8, 4) is 0 Å². The van der Waals surface area contributed by atoms with Crippen molar-refractivity contribution in [1.29, 1.82) is 0 Å². The Bertz CT molecular complexity index is 1060. The molecule has 1 amide bonds. The van der Waals surface area contributed by atoms with E-state index >= 15 is 0 Å². The van der Waals surface area contributed by atoms with Gasteiger partial charge in [0.2, 0.25) is 15.9 Å². The van der Waals surface area contributed by atoms with Gasteiger partial charge >= 0.3 is 0 Å². The SMILES string of the molecule is Cc1noc(C)c1S(=O)(=O)N(C)CCCC(=O)N(C)CCc1ccc(C2=NCCN2)cc1. The van der Waals surface area contributed by atoms with Crippen LogP contribution < -0.4 is 5.32 Å². The Labute approximate surface area is 189 Å². The first kappa shape index (κ1) is 23.9. The zero-order chi connectivity index (χ0) is 23.3. The number of nitrogens with one attached hydrogen (secondary N) is 1. The van der Waals surface area contributed by atoms with Crippen LogP contribution in [-0.4, -0.2) is 74.8 Å². The van der Waals surface area contributed by atoms with Crippen molar-refractivity contribution in [2.75, 3.05) is 40.3 Å². The van der Waals surface area contributed by atoms with E-state index in [0.29, 0.717) is 18.7 Å². The molecule has 0 aliphatic carbocycles. The van der Waals surface area contributed by atoms with E-state index in [0.717, 1.165) is 36.5 Å². The predicted molar refractivity (Wildman–Crippen MR) is 122 cm³/mol. The second-order valence-corrected chi connectivity index (χ2v) is 9.98. The third-order valence-corrected chi connectivity index (χ3v) is 7.66. The number of hydrogen-bond acceptors (Lipinski definition) is 7. The van der Waals surface area contributed by atoms with Crippen molar-refractivity contribution >= 4 is 21.8 Å². The zero-order valence-corrected chi connectivity index (χ0v) is 19.9. The number of carbonyl (C=O) groups excluding carboxylic acids is 1. The summed E-state index contributed by atoms with van der Waals surface area (Å²) in [5, 5.41) is 6.97. The van der Waals surface area contributed by atoms with Gasteiger partial charge in [0, 0.05) is 45.7 Å². The minimum Gasteiger partial charge on any atom is -0.368 e. The number of amides is 1. The monoisotopic (exact) mass is 461 g/mol. The van der Waals surface area contributed by atoms with Crippen molar-refractivity contribution in [1.82, 2.24) is 19.7 Å².